The van der Waals surface area contributed by atoms with Crippen LogP contribution >= 0.6 is 0 Å². The van der Waals surface area contributed by atoms with E-state index in [-0.39, 0.29) is 11.1 Å². The second-order valence-corrected chi connectivity index (χ2v) is 14.2. The van der Waals surface area contributed by atoms with Crippen molar-refractivity contribution in [3.63, 3.8) is 0 Å². The quantitative estimate of drug-likeness (QED) is 0.126. The fourth-order valence-electron chi connectivity index (χ4n) is 8.43. The van der Waals surface area contributed by atoms with Crippen LogP contribution in [0.4, 0.5) is 0 Å². The molecule has 0 radical (unpaired) electrons. The van der Waals surface area contributed by atoms with Gasteiger partial charge >= 0.3 is 11.9 Å². The molecule has 0 saturated heterocycles. The average Bonchev–Trinajstić information content (AvgIpc) is 3.85. The molecule has 274 valence electrons. The third kappa shape index (κ3) is 5.86. The fourth-order valence-corrected chi connectivity index (χ4v) is 8.43. The highest BCUT2D eigenvalue weighted by Gasteiger charge is 2.27. The standard InChI is InChI=1S/C46H46N4O4/c1-9-31-23(5)41-39(27-13-17-29(18-14-27)45(51)52)42-25(7)33(11-3)37(49-42)22-38-34(12-4)26(8)44(50-38)40(28-15-19-30(20-16-28)46(53)54)43-24(6)32(10-2)36(48-43)21-35(31)47-41/h13-22,47,49H,9-12H2,1-8H3,(H,51,52)(H,53,54). The number of nitrogens with one attached hydrogen (secondary N) is 2. The van der Waals surface area contributed by atoms with Crippen molar-refractivity contribution in [2.24, 2.45) is 0 Å². The summed E-state index contributed by atoms with van der Waals surface area (Å²) in [5, 5.41) is 19.4. The molecule has 0 spiro atoms. The van der Waals surface area contributed by atoms with Gasteiger partial charge in [0.25, 0.3) is 0 Å². The van der Waals surface area contributed by atoms with Crippen molar-refractivity contribution in [3.05, 3.63) is 117 Å². The number of hydrogen-bond donors (Lipinski definition) is 4. The zero-order valence-corrected chi connectivity index (χ0v) is 32.2. The number of fused-ring (bicyclic) bond motifs is 8. The summed E-state index contributed by atoms with van der Waals surface area (Å²) in [6, 6.07) is 18.5. The number of rotatable bonds is 8. The van der Waals surface area contributed by atoms with Crippen LogP contribution in [-0.2, 0) is 12.8 Å². The van der Waals surface area contributed by atoms with Gasteiger partial charge in [-0.1, -0.05) is 52.0 Å². The van der Waals surface area contributed by atoms with E-state index in [1.807, 2.05) is 24.3 Å². The van der Waals surface area contributed by atoms with E-state index in [4.69, 9.17) is 9.97 Å². The highest BCUT2D eigenvalue weighted by atomic mass is 16.4. The fraction of sp³-hybridized carbons (Fsp3) is 0.261. The van der Waals surface area contributed by atoms with Crippen LogP contribution in [0.5, 0.6) is 0 Å². The van der Waals surface area contributed by atoms with Gasteiger partial charge in [-0.3, -0.25) is 0 Å². The van der Waals surface area contributed by atoms with E-state index in [0.29, 0.717) is 0 Å². The van der Waals surface area contributed by atoms with Gasteiger partial charge in [0, 0.05) is 22.2 Å². The summed E-state index contributed by atoms with van der Waals surface area (Å²) in [5.41, 5.74) is 20.5. The van der Waals surface area contributed by atoms with Gasteiger partial charge in [-0.25, -0.2) is 19.6 Å². The first kappa shape index (κ1) is 36.3. The summed E-state index contributed by atoms with van der Waals surface area (Å²) in [5.74, 6) is -1.93. The molecule has 2 aliphatic rings. The SMILES string of the molecule is CCC1=C(C)c2nc1cc1[nH]c(c(C)c1CC)c(-c1ccc(C(=O)O)cc1)c1[nH]c(cc3nc(c2-c2ccc(C(=O)O)cc2)C(C)=C3CC)c(CC)c1C. The Bertz CT molecular complexity index is 2490. The number of aromatic amines is 2. The highest BCUT2D eigenvalue weighted by Crippen LogP contribution is 2.44. The van der Waals surface area contributed by atoms with E-state index in [2.05, 4.69) is 77.5 Å². The lowest BCUT2D eigenvalue weighted by atomic mass is 9.93. The molecule has 0 saturated carbocycles. The second-order valence-electron chi connectivity index (χ2n) is 14.2. The maximum absolute atomic E-state index is 11.9. The predicted octanol–water partition coefficient (Wildman–Crippen LogP) is 11.5. The summed E-state index contributed by atoms with van der Waals surface area (Å²) < 4.78 is 0. The van der Waals surface area contributed by atoms with Gasteiger partial charge < -0.3 is 20.2 Å². The van der Waals surface area contributed by atoms with Crippen molar-refractivity contribution in [1.29, 1.82) is 0 Å². The van der Waals surface area contributed by atoms with Gasteiger partial charge in [0.1, 0.15) is 0 Å². The topological polar surface area (TPSA) is 132 Å². The van der Waals surface area contributed by atoms with Crippen molar-refractivity contribution in [2.45, 2.75) is 81.1 Å². The summed E-state index contributed by atoms with van der Waals surface area (Å²) in [6.07, 6.45) is 3.13. The van der Waals surface area contributed by atoms with Gasteiger partial charge in [-0.05, 0) is 145 Å². The summed E-state index contributed by atoms with van der Waals surface area (Å²) in [4.78, 5) is 42.2. The van der Waals surface area contributed by atoms with E-state index in [1.165, 1.54) is 11.1 Å². The van der Waals surface area contributed by atoms with Crippen molar-refractivity contribution in [3.8, 4) is 22.3 Å². The van der Waals surface area contributed by atoms with Gasteiger partial charge in [0.05, 0.1) is 44.9 Å². The lowest BCUT2D eigenvalue weighted by Crippen LogP contribution is -1.97. The third-order valence-electron chi connectivity index (χ3n) is 11.3. The van der Waals surface area contributed by atoms with Gasteiger partial charge in [-0.15, -0.1) is 0 Å². The number of aromatic carboxylic acids is 2. The molecule has 0 unspecified atom stereocenters. The van der Waals surface area contributed by atoms with Crippen LogP contribution in [0.1, 0.15) is 120 Å². The molecule has 5 heterocycles. The summed E-state index contributed by atoms with van der Waals surface area (Å²) in [7, 11) is 0. The van der Waals surface area contributed by atoms with Crippen molar-refractivity contribution >= 4 is 56.3 Å². The molecule has 0 aliphatic carbocycles. The summed E-state index contributed by atoms with van der Waals surface area (Å²) in [6.45, 7) is 17.2. The Morgan fingerprint density at radius 1 is 0.556 bits per heavy atom. The van der Waals surface area contributed by atoms with Crippen molar-refractivity contribution in [1.82, 2.24) is 19.9 Å². The Hall–Kier alpha value is -6.02. The van der Waals surface area contributed by atoms with E-state index >= 15 is 0 Å². The van der Waals surface area contributed by atoms with E-state index in [1.54, 1.807) is 24.3 Å². The lowest BCUT2D eigenvalue weighted by molar-refractivity contribution is 0.0686. The molecule has 2 aliphatic heterocycles. The zero-order valence-electron chi connectivity index (χ0n) is 32.2. The number of allylic oxidation sites excluding steroid dienone is 4. The number of nitrogens with zero attached hydrogens (tertiary/aromatic N) is 2. The van der Waals surface area contributed by atoms with Gasteiger partial charge in [0.15, 0.2) is 0 Å². The first-order valence-corrected chi connectivity index (χ1v) is 18.8. The molecule has 5 aromatic rings. The van der Waals surface area contributed by atoms with Crippen LogP contribution in [0.25, 0.3) is 66.6 Å². The maximum Gasteiger partial charge on any atom is 0.335 e. The number of carboxylic acids is 2. The zero-order chi connectivity index (χ0) is 38.6. The molecule has 7 rings (SSSR count). The molecular formula is C46H46N4O4. The molecule has 8 nitrogen and oxygen atoms in total. The van der Waals surface area contributed by atoms with Crippen LogP contribution in [0, 0.1) is 13.8 Å². The molecule has 54 heavy (non-hydrogen) atoms. The monoisotopic (exact) mass is 718 g/mol. The Balaban J connectivity index is 1.73. The minimum absolute atomic E-state index is 0.225. The Labute approximate surface area is 315 Å². The number of carboxylic acid groups (broad SMARTS) is 2. The number of H-pyrrole nitrogens is 2. The maximum atomic E-state index is 11.9. The lowest BCUT2D eigenvalue weighted by Gasteiger charge is -2.10. The first-order chi connectivity index (χ1) is 25.9. The first-order valence-electron chi connectivity index (χ1n) is 18.8. The number of aryl methyl sites for hydroxylation is 4. The van der Waals surface area contributed by atoms with Gasteiger partial charge in [-0.2, -0.15) is 0 Å². The number of aromatic nitrogens is 4. The number of carbonyl (C=O) groups is 2. The molecule has 3 aromatic heterocycles. The van der Waals surface area contributed by atoms with Crippen LogP contribution in [0.2, 0.25) is 0 Å². The smallest absolute Gasteiger partial charge is 0.335 e. The Morgan fingerprint density at radius 3 is 1.26 bits per heavy atom. The molecule has 0 amide bonds. The van der Waals surface area contributed by atoms with Crippen LogP contribution in [-0.4, -0.2) is 42.1 Å². The number of hydrogen-bond acceptors (Lipinski definition) is 4. The molecule has 0 atom stereocenters. The average molecular weight is 719 g/mol. The van der Waals surface area contributed by atoms with Crippen LogP contribution in [0.3, 0.4) is 0 Å². The van der Waals surface area contributed by atoms with E-state index < -0.39 is 11.9 Å². The molecular weight excluding hydrogens is 673 g/mol. The predicted molar refractivity (Wildman–Crippen MR) is 220 cm³/mol. The largest absolute Gasteiger partial charge is 0.478 e. The van der Waals surface area contributed by atoms with Crippen molar-refractivity contribution in [2.75, 3.05) is 0 Å². The normalized spacial score (nSPS) is 12.9. The summed E-state index contributed by atoms with van der Waals surface area (Å²) >= 11 is 0. The molecule has 4 N–H and O–H groups in total. The van der Waals surface area contributed by atoms with E-state index in [0.717, 1.165) is 126 Å². The molecule has 0 fully saturated rings. The van der Waals surface area contributed by atoms with E-state index in [9.17, 15) is 19.8 Å². The molecule has 8 heteroatoms. The Kier molecular flexibility index (Phi) is 9.48. The Morgan fingerprint density at radius 2 is 0.926 bits per heavy atom. The minimum Gasteiger partial charge on any atom is -0.478 e. The van der Waals surface area contributed by atoms with Crippen LogP contribution < -0.4 is 0 Å². The minimum atomic E-state index is -0.970. The van der Waals surface area contributed by atoms with Gasteiger partial charge in [0.2, 0.25) is 0 Å². The molecule has 2 aromatic carbocycles. The third-order valence-corrected chi connectivity index (χ3v) is 11.3. The molecule has 8 bridgehead atoms. The number of benzene rings is 2. The van der Waals surface area contributed by atoms with Crippen LogP contribution in [0.15, 0.2) is 60.7 Å². The second kappa shape index (κ2) is 14.1. The van der Waals surface area contributed by atoms with Crippen molar-refractivity contribution < 1.29 is 19.8 Å². The highest BCUT2D eigenvalue weighted by molar-refractivity contribution is 6.04.